The van der Waals surface area contributed by atoms with Gasteiger partial charge in [-0.15, -0.1) is 0 Å². The van der Waals surface area contributed by atoms with Crippen molar-refractivity contribution in [1.82, 2.24) is 9.24 Å². The highest BCUT2D eigenvalue weighted by molar-refractivity contribution is 5.87. The number of nitrogens with two attached hydrogens (primary N) is 2. The van der Waals surface area contributed by atoms with Gasteiger partial charge >= 0.3 is 5.69 Å². The minimum atomic E-state index is -1.24. The number of methoxy groups -OCH3 is 1. The molecule has 0 spiro atoms. The smallest absolute Gasteiger partial charge is 0.350 e. The number of hydrogen-bond acceptors (Lipinski definition) is 6. The molecule has 0 unspecified atom stereocenters. The van der Waals surface area contributed by atoms with Gasteiger partial charge in [-0.05, 0) is 25.8 Å². The molecule has 3 atom stereocenters. The molecule has 0 radical (unpaired) electrons. The molecule has 29 heavy (non-hydrogen) atoms. The summed E-state index contributed by atoms with van der Waals surface area (Å²) in [4.78, 5) is 26.7. The van der Waals surface area contributed by atoms with Crippen molar-refractivity contribution in [2.24, 2.45) is 11.7 Å². The summed E-state index contributed by atoms with van der Waals surface area (Å²) < 4.78 is 36.8. The molecular weight excluding hydrogens is 384 g/mol. The average molecular weight is 409 g/mol. The van der Waals surface area contributed by atoms with Gasteiger partial charge in [-0.2, -0.15) is 4.68 Å². The number of aryl methyl sites for hydroxylation is 1. The molecule has 0 amide bonds. The normalized spacial score (nSPS) is 23.1. The van der Waals surface area contributed by atoms with Crippen molar-refractivity contribution in [3.8, 4) is 0 Å². The molecule has 2 aromatic rings. The summed E-state index contributed by atoms with van der Waals surface area (Å²) in [5.74, 6) is 4.48. The molecule has 1 aliphatic heterocycles. The van der Waals surface area contributed by atoms with Crippen molar-refractivity contribution in [3.63, 3.8) is 0 Å². The molecular formula is C19H25F2N5O3. The predicted molar refractivity (Wildman–Crippen MR) is 106 cm³/mol. The topological polar surface area (TPSA) is 109 Å². The lowest BCUT2D eigenvalue weighted by Crippen LogP contribution is -2.44. The lowest BCUT2D eigenvalue weighted by molar-refractivity contribution is 0.138. The zero-order valence-electron chi connectivity index (χ0n) is 16.4. The summed E-state index contributed by atoms with van der Waals surface area (Å²) in [6, 6.07) is 0.503. The third-order valence-electron chi connectivity index (χ3n) is 5.99. The number of nitrogens with zero attached hydrogens (tertiary/aromatic N) is 3. The van der Waals surface area contributed by atoms with Gasteiger partial charge in [0.25, 0.3) is 5.56 Å². The second kappa shape index (κ2) is 7.10. The minimum Gasteiger partial charge on any atom is -0.383 e. The second-order valence-electron chi connectivity index (χ2n) is 7.99. The maximum absolute atomic E-state index is 15.1. The van der Waals surface area contributed by atoms with Crippen molar-refractivity contribution >= 4 is 16.6 Å². The zero-order chi connectivity index (χ0) is 21.0. The molecule has 4 N–H and O–H groups in total. The average Bonchev–Trinajstić information content (AvgIpc) is 3.43. The van der Waals surface area contributed by atoms with Gasteiger partial charge in [-0.3, -0.25) is 9.36 Å². The first-order valence-corrected chi connectivity index (χ1v) is 9.65. The van der Waals surface area contributed by atoms with Crippen LogP contribution >= 0.6 is 0 Å². The van der Waals surface area contributed by atoms with E-state index in [1.807, 2.05) is 0 Å². The Morgan fingerprint density at radius 3 is 2.62 bits per heavy atom. The number of alkyl halides is 1. The molecule has 2 heterocycles. The Kier molecular flexibility index (Phi) is 4.86. The Labute approximate surface area is 165 Å². The molecule has 2 aliphatic rings. The molecule has 1 saturated carbocycles. The number of anilines is 1. The van der Waals surface area contributed by atoms with Crippen LogP contribution in [0.25, 0.3) is 10.9 Å². The van der Waals surface area contributed by atoms with Crippen LogP contribution < -0.4 is 27.7 Å². The Balaban J connectivity index is 1.87. The van der Waals surface area contributed by atoms with E-state index in [0.29, 0.717) is 15.8 Å². The van der Waals surface area contributed by atoms with Crippen LogP contribution in [0.4, 0.5) is 14.5 Å². The number of ether oxygens (including phenoxy) is 1. The SMILES string of the molecule is COC[C@@H](N)[C@H]1CN(c2c(F)cc3c(=O)n(N)c(=O)n(C4CC4)c3c2C)C[C@@H]1F. The number of rotatable bonds is 5. The monoisotopic (exact) mass is 409 g/mol. The zero-order valence-corrected chi connectivity index (χ0v) is 16.4. The molecule has 1 aromatic heterocycles. The molecule has 8 nitrogen and oxygen atoms in total. The molecule has 1 aliphatic carbocycles. The van der Waals surface area contributed by atoms with Crippen LogP contribution in [0.3, 0.4) is 0 Å². The summed E-state index contributed by atoms with van der Waals surface area (Å²) in [7, 11) is 1.49. The van der Waals surface area contributed by atoms with E-state index in [1.54, 1.807) is 11.8 Å². The second-order valence-corrected chi connectivity index (χ2v) is 7.99. The molecule has 158 valence electrons. The van der Waals surface area contributed by atoms with Crippen LogP contribution in [0.5, 0.6) is 0 Å². The first-order valence-electron chi connectivity index (χ1n) is 9.65. The van der Waals surface area contributed by atoms with E-state index in [9.17, 15) is 14.0 Å². The maximum Gasteiger partial charge on any atom is 0.350 e. The summed E-state index contributed by atoms with van der Waals surface area (Å²) in [5.41, 5.74) is 5.63. The summed E-state index contributed by atoms with van der Waals surface area (Å²) in [5, 5.41) is 0.0429. The standard InChI is InChI=1S/C19H25F2N5O3/c1-9-16-11(18(27)26(23)19(28)25(16)10-3-4-10)5-13(20)17(9)24-6-12(14(21)7-24)15(22)8-29-2/h5,10,12,14-15H,3-4,6-8,22-23H2,1-2H3/t12-,14-,15+/m0/s1. The lowest BCUT2D eigenvalue weighted by atomic mass is 9.99. The van der Waals surface area contributed by atoms with Crippen LogP contribution in [0.2, 0.25) is 0 Å². The van der Waals surface area contributed by atoms with Gasteiger partial charge in [0.2, 0.25) is 0 Å². The van der Waals surface area contributed by atoms with Gasteiger partial charge in [0.05, 0.1) is 23.2 Å². The highest BCUT2D eigenvalue weighted by Crippen LogP contribution is 2.39. The number of nitrogen functional groups attached to an aromatic ring is 1. The lowest BCUT2D eigenvalue weighted by Gasteiger charge is -2.24. The fraction of sp³-hybridized carbons (Fsp3) is 0.579. The van der Waals surface area contributed by atoms with E-state index in [-0.39, 0.29) is 36.8 Å². The molecule has 10 heteroatoms. The third kappa shape index (κ3) is 3.10. The number of fused-ring (bicyclic) bond motifs is 1. The van der Waals surface area contributed by atoms with E-state index in [2.05, 4.69) is 0 Å². The number of aromatic nitrogens is 2. The first-order chi connectivity index (χ1) is 13.8. The van der Waals surface area contributed by atoms with Crippen molar-refractivity contribution < 1.29 is 13.5 Å². The van der Waals surface area contributed by atoms with Crippen LogP contribution in [0.1, 0.15) is 24.4 Å². The third-order valence-corrected chi connectivity index (χ3v) is 5.99. The largest absolute Gasteiger partial charge is 0.383 e. The van der Waals surface area contributed by atoms with Gasteiger partial charge < -0.3 is 21.2 Å². The Morgan fingerprint density at radius 2 is 2.00 bits per heavy atom. The van der Waals surface area contributed by atoms with Crippen LogP contribution in [-0.4, -0.2) is 48.3 Å². The maximum atomic E-state index is 15.1. The predicted octanol–water partition coefficient (Wildman–Crippen LogP) is 0.407. The number of benzene rings is 1. The summed E-state index contributed by atoms with van der Waals surface area (Å²) >= 11 is 0. The quantitative estimate of drug-likeness (QED) is 0.693. The molecule has 2 fully saturated rings. The van der Waals surface area contributed by atoms with Gasteiger partial charge in [0, 0.05) is 43.8 Å². The van der Waals surface area contributed by atoms with E-state index >= 15 is 4.39 Å². The van der Waals surface area contributed by atoms with Gasteiger partial charge in [-0.25, -0.2) is 13.6 Å². The van der Waals surface area contributed by atoms with Crippen molar-refractivity contribution in [1.29, 1.82) is 0 Å². The number of hydrogen-bond donors (Lipinski definition) is 2. The van der Waals surface area contributed by atoms with E-state index in [1.165, 1.54) is 11.7 Å². The minimum absolute atomic E-state index is 0.0209. The molecule has 1 aromatic carbocycles. The van der Waals surface area contributed by atoms with E-state index < -0.39 is 35.2 Å². The van der Waals surface area contributed by atoms with Crippen molar-refractivity contribution in [2.75, 3.05) is 37.5 Å². The fourth-order valence-corrected chi connectivity index (χ4v) is 4.41. The Bertz CT molecular complexity index is 1080. The molecule has 4 rings (SSSR count). The van der Waals surface area contributed by atoms with E-state index in [4.69, 9.17) is 16.3 Å². The fourth-order valence-electron chi connectivity index (χ4n) is 4.41. The molecule has 0 bridgehead atoms. The summed E-state index contributed by atoms with van der Waals surface area (Å²) in [6.45, 7) is 2.05. The number of halogens is 2. The molecule has 1 saturated heterocycles. The highest BCUT2D eigenvalue weighted by Gasteiger charge is 2.39. The first kappa shape index (κ1) is 19.8. The van der Waals surface area contributed by atoms with Gasteiger partial charge in [-0.1, -0.05) is 0 Å². The van der Waals surface area contributed by atoms with Gasteiger partial charge in [0.15, 0.2) is 0 Å². The van der Waals surface area contributed by atoms with Crippen LogP contribution in [0.15, 0.2) is 15.7 Å². The highest BCUT2D eigenvalue weighted by atomic mass is 19.1. The van der Waals surface area contributed by atoms with Crippen molar-refractivity contribution in [3.05, 3.63) is 38.3 Å². The Morgan fingerprint density at radius 1 is 1.31 bits per heavy atom. The van der Waals surface area contributed by atoms with Gasteiger partial charge in [0.1, 0.15) is 12.0 Å². The van der Waals surface area contributed by atoms with Crippen LogP contribution in [0, 0.1) is 18.7 Å². The Hall–Kier alpha value is -2.46. The van der Waals surface area contributed by atoms with E-state index in [0.717, 1.165) is 18.9 Å². The summed E-state index contributed by atoms with van der Waals surface area (Å²) in [6.07, 6.45) is 0.324. The van der Waals surface area contributed by atoms with Crippen LogP contribution in [-0.2, 0) is 4.74 Å². The van der Waals surface area contributed by atoms with Crippen molar-refractivity contribution in [2.45, 2.75) is 38.0 Å².